The van der Waals surface area contributed by atoms with Crippen molar-refractivity contribution >= 4 is 17.4 Å². The monoisotopic (exact) mass is 411 g/mol. The van der Waals surface area contributed by atoms with Crippen molar-refractivity contribution < 1.29 is 19.1 Å². The third-order valence-electron chi connectivity index (χ3n) is 6.22. The Hall–Kier alpha value is -2.77. The molecule has 158 valence electrons. The Kier molecular flexibility index (Phi) is 5.83. The van der Waals surface area contributed by atoms with Crippen LogP contribution in [0.3, 0.4) is 0 Å². The van der Waals surface area contributed by atoms with Crippen molar-refractivity contribution in [3.63, 3.8) is 0 Å². The first-order valence-electron chi connectivity index (χ1n) is 10.3. The number of amides is 1. The predicted octanol–water partition coefficient (Wildman–Crippen LogP) is 2.40. The van der Waals surface area contributed by atoms with E-state index >= 15 is 0 Å². The van der Waals surface area contributed by atoms with Gasteiger partial charge in [-0.1, -0.05) is 48.5 Å². The molecule has 2 atom stereocenters. The summed E-state index contributed by atoms with van der Waals surface area (Å²) in [5.41, 5.74) is 0.737. The molecule has 2 unspecified atom stereocenters. The first-order chi connectivity index (χ1) is 14.5. The second kappa shape index (κ2) is 8.53. The van der Waals surface area contributed by atoms with Gasteiger partial charge in [0.15, 0.2) is 12.1 Å². The van der Waals surface area contributed by atoms with Gasteiger partial charge in [-0.15, -0.1) is 0 Å². The molecule has 1 amide bonds. The van der Waals surface area contributed by atoms with Crippen molar-refractivity contribution in [3.8, 4) is 0 Å². The summed E-state index contributed by atoms with van der Waals surface area (Å²) < 4.78 is 14.9. The van der Waals surface area contributed by atoms with E-state index in [1.54, 1.807) is 35.2 Å². The van der Waals surface area contributed by atoms with Gasteiger partial charge in [0.25, 0.3) is 0 Å². The molecular formula is C23H26FN3O3. The minimum Gasteiger partial charge on any atom is -0.381 e. The standard InChI is InChI=1S/C23H26FN3O3/c24-20(15-19(28)21(29)17-7-3-1-4-8-17)26-13-11-23(12-14-26)22(30)25-16-27(23)18-9-5-2-6-10-18/h1-10,20-21,29H,11-16H2,(H,25,30). The quantitative estimate of drug-likeness (QED) is 0.715. The molecule has 2 aliphatic heterocycles. The number of piperidine rings is 1. The van der Waals surface area contributed by atoms with Gasteiger partial charge in [-0.2, -0.15) is 0 Å². The Bertz CT molecular complexity index is 885. The summed E-state index contributed by atoms with van der Waals surface area (Å²) in [6, 6.07) is 18.3. The number of benzene rings is 2. The Morgan fingerprint density at radius 2 is 1.67 bits per heavy atom. The number of carbonyl (C=O) groups is 2. The fraction of sp³-hybridized carbons (Fsp3) is 0.391. The summed E-state index contributed by atoms with van der Waals surface area (Å²) >= 11 is 0. The van der Waals surface area contributed by atoms with Gasteiger partial charge in [0.1, 0.15) is 11.6 Å². The summed E-state index contributed by atoms with van der Waals surface area (Å²) in [4.78, 5) is 28.7. The summed E-state index contributed by atoms with van der Waals surface area (Å²) in [6.45, 7) is 1.17. The van der Waals surface area contributed by atoms with Gasteiger partial charge in [0.2, 0.25) is 5.91 Å². The lowest BCUT2D eigenvalue weighted by Gasteiger charge is -2.44. The van der Waals surface area contributed by atoms with Crippen molar-refractivity contribution in [2.75, 3.05) is 24.7 Å². The Morgan fingerprint density at radius 1 is 1.07 bits per heavy atom. The molecule has 2 saturated heterocycles. The zero-order valence-electron chi connectivity index (χ0n) is 16.7. The largest absolute Gasteiger partial charge is 0.381 e. The number of carbonyl (C=O) groups excluding carboxylic acids is 2. The topological polar surface area (TPSA) is 72.9 Å². The molecule has 1 spiro atoms. The molecule has 0 aromatic heterocycles. The molecule has 4 rings (SSSR count). The van der Waals surface area contributed by atoms with E-state index in [2.05, 4.69) is 10.2 Å². The molecule has 2 aliphatic rings. The normalized spacial score (nSPS) is 20.7. The van der Waals surface area contributed by atoms with Crippen LogP contribution >= 0.6 is 0 Å². The van der Waals surface area contributed by atoms with E-state index in [9.17, 15) is 19.1 Å². The Morgan fingerprint density at radius 3 is 2.30 bits per heavy atom. The molecule has 2 N–H and O–H groups in total. The number of ketones is 1. The predicted molar refractivity (Wildman–Crippen MR) is 111 cm³/mol. The number of likely N-dealkylation sites (tertiary alicyclic amines) is 1. The van der Waals surface area contributed by atoms with Crippen LogP contribution in [-0.2, 0) is 9.59 Å². The maximum atomic E-state index is 14.9. The van der Waals surface area contributed by atoms with Crippen LogP contribution in [0.1, 0.15) is 30.9 Å². The third kappa shape index (κ3) is 3.82. The molecule has 0 bridgehead atoms. The molecule has 2 aromatic rings. The highest BCUT2D eigenvalue weighted by atomic mass is 19.1. The van der Waals surface area contributed by atoms with E-state index in [0.717, 1.165) is 5.69 Å². The first kappa shape index (κ1) is 20.5. The first-order valence-corrected chi connectivity index (χ1v) is 10.3. The van der Waals surface area contributed by atoms with Crippen LogP contribution in [0.5, 0.6) is 0 Å². The van der Waals surface area contributed by atoms with E-state index in [4.69, 9.17) is 0 Å². The number of hydrogen-bond donors (Lipinski definition) is 2. The third-order valence-corrected chi connectivity index (χ3v) is 6.22. The molecule has 0 radical (unpaired) electrons. The number of nitrogens with zero attached hydrogens (tertiary/aromatic N) is 2. The van der Waals surface area contributed by atoms with E-state index in [0.29, 0.717) is 38.2 Å². The minimum atomic E-state index is -1.48. The summed E-state index contributed by atoms with van der Waals surface area (Å²) in [6.07, 6.45) is -2.23. The lowest BCUT2D eigenvalue weighted by molar-refractivity contribution is -0.132. The molecule has 2 aromatic carbocycles. The second-order valence-electron chi connectivity index (χ2n) is 7.91. The van der Waals surface area contributed by atoms with Gasteiger partial charge in [0, 0.05) is 18.8 Å². The molecule has 0 aliphatic carbocycles. The average molecular weight is 411 g/mol. The smallest absolute Gasteiger partial charge is 0.247 e. The van der Waals surface area contributed by atoms with Crippen molar-refractivity contribution in [3.05, 3.63) is 66.2 Å². The van der Waals surface area contributed by atoms with Crippen molar-refractivity contribution in [1.29, 1.82) is 0 Å². The van der Waals surface area contributed by atoms with E-state index in [1.165, 1.54) is 0 Å². The van der Waals surface area contributed by atoms with Crippen molar-refractivity contribution in [2.45, 2.75) is 37.2 Å². The number of para-hydroxylation sites is 1. The van der Waals surface area contributed by atoms with Crippen LogP contribution in [-0.4, -0.2) is 53.3 Å². The van der Waals surface area contributed by atoms with Gasteiger partial charge >= 0.3 is 0 Å². The minimum absolute atomic E-state index is 0.0306. The van der Waals surface area contributed by atoms with Crippen LogP contribution in [0.25, 0.3) is 0 Å². The lowest BCUT2D eigenvalue weighted by Crippen LogP contribution is -2.57. The summed E-state index contributed by atoms with van der Waals surface area (Å²) in [5.74, 6) is -0.574. The van der Waals surface area contributed by atoms with Gasteiger partial charge in [0.05, 0.1) is 13.1 Å². The van der Waals surface area contributed by atoms with E-state index in [-0.39, 0.29) is 12.3 Å². The van der Waals surface area contributed by atoms with Crippen molar-refractivity contribution in [2.24, 2.45) is 0 Å². The fourth-order valence-electron chi connectivity index (χ4n) is 4.43. The molecule has 6 nitrogen and oxygen atoms in total. The maximum absolute atomic E-state index is 14.9. The second-order valence-corrected chi connectivity index (χ2v) is 7.91. The molecule has 2 heterocycles. The van der Waals surface area contributed by atoms with Crippen LogP contribution in [0, 0.1) is 0 Å². The zero-order chi connectivity index (χ0) is 21.1. The van der Waals surface area contributed by atoms with Crippen LogP contribution in [0.2, 0.25) is 0 Å². The highest BCUT2D eigenvalue weighted by molar-refractivity contribution is 5.93. The molecular weight excluding hydrogens is 385 g/mol. The van der Waals surface area contributed by atoms with Crippen LogP contribution in [0.15, 0.2) is 60.7 Å². The van der Waals surface area contributed by atoms with Gasteiger partial charge in [-0.25, -0.2) is 4.39 Å². The Labute approximate surface area is 175 Å². The summed E-state index contributed by atoms with van der Waals surface area (Å²) in [7, 11) is 0. The molecule has 0 saturated carbocycles. The van der Waals surface area contributed by atoms with Gasteiger partial charge < -0.3 is 15.3 Å². The summed E-state index contributed by atoms with van der Waals surface area (Å²) in [5, 5.41) is 13.1. The van der Waals surface area contributed by atoms with Crippen LogP contribution in [0.4, 0.5) is 10.1 Å². The van der Waals surface area contributed by atoms with E-state index < -0.39 is 23.7 Å². The number of anilines is 1. The number of rotatable bonds is 6. The number of aliphatic hydroxyl groups excluding tert-OH is 1. The number of aliphatic hydroxyl groups is 1. The van der Waals surface area contributed by atoms with E-state index in [1.807, 2.05) is 30.3 Å². The number of alkyl halides is 1. The maximum Gasteiger partial charge on any atom is 0.247 e. The zero-order valence-corrected chi connectivity index (χ0v) is 16.7. The number of halogens is 1. The highest BCUT2D eigenvalue weighted by Crippen LogP contribution is 2.37. The number of Topliss-reactive ketones (excluding diaryl/α,β-unsaturated/α-hetero) is 1. The lowest BCUT2D eigenvalue weighted by atomic mass is 9.85. The SMILES string of the molecule is O=C(CC(F)N1CCC2(CC1)C(=O)NCN2c1ccccc1)C(O)c1ccccc1. The number of nitrogens with one attached hydrogen (secondary N) is 1. The average Bonchev–Trinajstić information content (AvgIpc) is 3.10. The fourth-order valence-corrected chi connectivity index (χ4v) is 4.43. The van der Waals surface area contributed by atoms with Gasteiger partial charge in [-0.3, -0.25) is 14.5 Å². The van der Waals surface area contributed by atoms with Crippen molar-refractivity contribution in [1.82, 2.24) is 10.2 Å². The molecule has 30 heavy (non-hydrogen) atoms. The molecule has 2 fully saturated rings. The molecule has 7 heteroatoms. The number of hydrogen-bond acceptors (Lipinski definition) is 5. The highest BCUT2D eigenvalue weighted by Gasteiger charge is 2.51. The Balaban J connectivity index is 1.39. The van der Waals surface area contributed by atoms with Crippen LogP contribution < -0.4 is 10.2 Å². The van der Waals surface area contributed by atoms with Gasteiger partial charge in [-0.05, 0) is 30.5 Å².